The molecule has 0 bridgehead atoms. The first kappa shape index (κ1) is 22.9. The summed E-state index contributed by atoms with van der Waals surface area (Å²) in [5.41, 5.74) is 1.37. The highest BCUT2D eigenvalue weighted by Gasteiger charge is 2.16. The highest BCUT2D eigenvalue weighted by atomic mass is 79.9. The number of halogens is 1. The van der Waals surface area contributed by atoms with Crippen molar-refractivity contribution in [3.63, 3.8) is 0 Å². The van der Waals surface area contributed by atoms with Crippen molar-refractivity contribution >= 4 is 32.9 Å². The van der Waals surface area contributed by atoms with Gasteiger partial charge in [0.2, 0.25) is 0 Å². The van der Waals surface area contributed by atoms with Crippen molar-refractivity contribution in [2.75, 3.05) is 13.2 Å². The number of hydrogen-bond donors (Lipinski definition) is 1. The second-order valence-electron chi connectivity index (χ2n) is 8.02. The highest BCUT2D eigenvalue weighted by molar-refractivity contribution is 9.10. The molecule has 1 heterocycles. The lowest BCUT2D eigenvalue weighted by Crippen LogP contribution is -2.33. The molecule has 0 unspecified atom stereocenters. The van der Waals surface area contributed by atoms with E-state index in [0.717, 1.165) is 20.9 Å². The quantitative estimate of drug-likeness (QED) is 0.403. The van der Waals surface area contributed by atoms with E-state index >= 15 is 0 Å². The van der Waals surface area contributed by atoms with Gasteiger partial charge in [-0.15, -0.1) is 0 Å². The third-order valence-corrected chi connectivity index (χ3v) is 4.65. The van der Waals surface area contributed by atoms with Crippen LogP contribution in [0.4, 0.5) is 4.79 Å². The first-order valence-electron chi connectivity index (χ1n) is 10.2. The summed E-state index contributed by atoms with van der Waals surface area (Å²) in [6.07, 6.45) is 1.94. The van der Waals surface area contributed by atoms with E-state index in [2.05, 4.69) is 26.2 Å². The van der Waals surface area contributed by atoms with E-state index in [1.165, 1.54) is 0 Å². The van der Waals surface area contributed by atoms with Crippen LogP contribution in [0.1, 0.15) is 32.8 Å². The average Bonchev–Trinajstić information content (AvgIpc) is 2.72. The van der Waals surface area contributed by atoms with Gasteiger partial charge in [0.25, 0.3) is 0 Å². The van der Waals surface area contributed by atoms with Crippen LogP contribution in [0.25, 0.3) is 10.9 Å². The van der Waals surface area contributed by atoms with Gasteiger partial charge in [-0.25, -0.2) is 4.79 Å². The maximum absolute atomic E-state index is 11.8. The zero-order valence-corrected chi connectivity index (χ0v) is 19.6. The molecule has 0 aliphatic rings. The molecule has 1 aromatic heterocycles. The van der Waals surface area contributed by atoms with Crippen molar-refractivity contribution < 1.29 is 19.0 Å². The molecule has 3 aromatic rings. The number of benzene rings is 2. The van der Waals surface area contributed by atoms with Gasteiger partial charge in [-0.2, -0.15) is 0 Å². The molecule has 0 radical (unpaired) electrons. The molecule has 164 valence electrons. The molecule has 0 saturated carbocycles. The van der Waals surface area contributed by atoms with Crippen molar-refractivity contribution in [2.45, 2.75) is 39.4 Å². The third-order valence-electron chi connectivity index (χ3n) is 4.22. The Morgan fingerprint density at radius 3 is 2.61 bits per heavy atom. The topological polar surface area (TPSA) is 69.7 Å². The fourth-order valence-corrected chi connectivity index (χ4v) is 3.21. The summed E-state index contributed by atoms with van der Waals surface area (Å²) in [5.74, 6) is 1.29. The molecule has 0 fully saturated rings. The number of fused-ring (bicyclic) bond motifs is 1. The lowest BCUT2D eigenvalue weighted by atomic mass is 10.2. The summed E-state index contributed by atoms with van der Waals surface area (Å²) in [7, 11) is 0. The Bertz CT molecular complexity index is 1020. The summed E-state index contributed by atoms with van der Waals surface area (Å²) in [5, 5.41) is 3.60. The van der Waals surface area contributed by atoms with Gasteiger partial charge >= 0.3 is 6.09 Å². The van der Waals surface area contributed by atoms with Crippen LogP contribution in [0.2, 0.25) is 0 Å². The van der Waals surface area contributed by atoms with E-state index in [-0.39, 0.29) is 0 Å². The standard InChI is InChI=1S/C24H27BrN2O4/c1-24(2,3)31-23(28)26-12-7-13-29-22-19-14-18(25)15-27-20(19)10-11-21(22)30-16-17-8-5-4-6-9-17/h4-6,8-11,14-15H,7,12-13,16H2,1-3H3,(H,26,28). The van der Waals surface area contributed by atoms with Gasteiger partial charge in [-0.05, 0) is 66.9 Å². The fourth-order valence-electron chi connectivity index (χ4n) is 2.88. The van der Waals surface area contributed by atoms with Crippen molar-refractivity contribution in [2.24, 2.45) is 0 Å². The van der Waals surface area contributed by atoms with Crippen LogP contribution in [0.5, 0.6) is 11.5 Å². The number of carbonyl (C=O) groups excluding carboxylic acids is 1. The lowest BCUT2D eigenvalue weighted by Gasteiger charge is -2.19. The van der Waals surface area contributed by atoms with Crippen LogP contribution in [0.15, 0.2) is 59.2 Å². The van der Waals surface area contributed by atoms with Gasteiger partial charge in [0.15, 0.2) is 11.5 Å². The van der Waals surface area contributed by atoms with E-state index in [1.807, 2.05) is 69.3 Å². The number of amides is 1. The van der Waals surface area contributed by atoms with Gasteiger partial charge in [0, 0.05) is 22.6 Å². The van der Waals surface area contributed by atoms with E-state index < -0.39 is 11.7 Å². The fraction of sp³-hybridized carbons (Fsp3) is 0.333. The second kappa shape index (κ2) is 10.5. The number of carbonyl (C=O) groups is 1. The van der Waals surface area contributed by atoms with Gasteiger partial charge in [0.1, 0.15) is 12.2 Å². The van der Waals surface area contributed by atoms with E-state index in [0.29, 0.717) is 37.7 Å². The Labute approximate surface area is 191 Å². The molecule has 0 atom stereocenters. The zero-order chi connectivity index (χ0) is 22.3. The van der Waals surface area contributed by atoms with Crippen LogP contribution >= 0.6 is 15.9 Å². The van der Waals surface area contributed by atoms with Crippen molar-refractivity contribution in [1.29, 1.82) is 0 Å². The first-order chi connectivity index (χ1) is 14.8. The first-order valence-corrected chi connectivity index (χ1v) is 11.0. The summed E-state index contributed by atoms with van der Waals surface area (Å²) in [4.78, 5) is 16.2. The summed E-state index contributed by atoms with van der Waals surface area (Å²) >= 11 is 3.48. The SMILES string of the molecule is CC(C)(C)OC(=O)NCCCOc1c(OCc2ccccc2)ccc2ncc(Br)cc12. The van der Waals surface area contributed by atoms with E-state index in [9.17, 15) is 4.79 Å². The molecule has 0 aliphatic carbocycles. The largest absolute Gasteiger partial charge is 0.489 e. The average molecular weight is 487 g/mol. The molecular formula is C24H27BrN2O4. The normalized spacial score (nSPS) is 11.2. The second-order valence-corrected chi connectivity index (χ2v) is 8.93. The molecule has 0 saturated heterocycles. The Hall–Kier alpha value is -2.80. The van der Waals surface area contributed by atoms with Crippen molar-refractivity contribution in [3.05, 3.63) is 64.8 Å². The third kappa shape index (κ3) is 7.14. The number of pyridine rings is 1. The number of nitrogens with one attached hydrogen (secondary N) is 1. The molecule has 6 nitrogen and oxygen atoms in total. The molecule has 1 N–H and O–H groups in total. The van der Waals surface area contributed by atoms with Gasteiger partial charge in [-0.3, -0.25) is 4.98 Å². The van der Waals surface area contributed by atoms with Crippen LogP contribution in [-0.4, -0.2) is 29.8 Å². The molecule has 0 aliphatic heterocycles. The molecular weight excluding hydrogens is 460 g/mol. The van der Waals surface area contributed by atoms with Crippen LogP contribution in [-0.2, 0) is 11.3 Å². The molecule has 2 aromatic carbocycles. The minimum Gasteiger partial charge on any atom is -0.489 e. The van der Waals surface area contributed by atoms with Crippen molar-refractivity contribution in [1.82, 2.24) is 10.3 Å². The number of ether oxygens (including phenoxy) is 3. The Morgan fingerprint density at radius 2 is 1.87 bits per heavy atom. The number of alkyl carbamates (subject to hydrolysis) is 1. The Morgan fingerprint density at radius 1 is 1.10 bits per heavy atom. The molecule has 3 rings (SSSR count). The highest BCUT2D eigenvalue weighted by Crippen LogP contribution is 2.36. The maximum Gasteiger partial charge on any atom is 0.407 e. The Balaban J connectivity index is 1.66. The predicted molar refractivity (Wildman–Crippen MR) is 125 cm³/mol. The number of aromatic nitrogens is 1. The monoisotopic (exact) mass is 486 g/mol. The van der Waals surface area contributed by atoms with Gasteiger partial charge in [0.05, 0.1) is 12.1 Å². The van der Waals surface area contributed by atoms with E-state index in [4.69, 9.17) is 14.2 Å². The number of nitrogens with zero attached hydrogens (tertiary/aromatic N) is 1. The molecule has 1 amide bonds. The number of rotatable bonds is 8. The molecule has 7 heteroatoms. The molecule has 0 spiro atoms. The summed E-state index contributed by atoms with van der Waals surface area (Å²) < 4.78 is 18.3. The smallest absolute Gasteiger partial charge is 0.407 e. The summed E-state index contributed by atoms with van der Waals surface area (Å²) in [6, 6.07) is 15.7. The predicted octanol–water partition coefficient (Wildman–Crippen LogP) is 5.87. The minimum absolute atomic E-state index is 0.406. The van der Waals surface area contributed by atoms with Crippen LogP contribution in [0.3, 0.4) is 0 Å². The zero-order valence-electron chi connectivity index (χ0n) is 18.0. The van der Waals surface area contributed by atoms with Crippen LogP contribution < -0.4 is 14.8 Å². The van der Waals surface area contributed by atoms with Gasteiger partial charge in [-0.1, -0.05) is 30.3 Å². The lowest BCUT2D eigenvalue weighted by molar-refractivity contribution is 0.0525. The van der Waals surface area contributed by atoms with Crippen LogP contribution in [0, 0.1) is 0 Å². The minimum atomic E-state index is -0.519. The van der Waals surface area contributed by atoms with E-state index in [1.54, 1.807) is 6.20 Å². The van der Waals surface area contributed by atoms with Gasteiger partial charge < -0.3 is 19.5 Å². The van der Waals surface area contributed by atoms with Crippen molar-refractivity contribution in [3.8, 4) is 11.5 Å². The maximum atomic E-state index is 11.8. The summed E-state index contributed by atoms with van der Waals surface area (Å²) in [6.45, 7) is 6.79. The number of hydrogen-bond acceptors (Lipinski definition) is 5. The Kier molecular flexibility index (Phi) is 7.74. The molecule has 31 heavy (non-hydrogen) atoms.